The number of amides is 1. The normalized spacial score (nSPS) is 10.3. The lowest BCUT2D eigenvalue weighted by Crippen LogP contribution is -2.13. The zero-order valence-corrected chi connectivity index (χ0v) is 9.61. The molecule has 1 heterocycles. The molecule has 6 nitrogen and oxygen atoms in total. The summed E-state index contributed by atoms with van der Waals surface area (Å²) in [5, 5.41) is 9.81. The first-order valence-electron chi connectivity index (χ1n) is 5.26. The molecule has 18 heavy (non-hydrogen) atoms. The molecule has 0 fully saturated rings. The summed E-state index contributed by atoms with van der Waals surface area (Å²) < 4.78 is 18.5. The van der Waals surface area contributed by atoms with Crippen molar-refractivity contribution in [2.24, 2.45) is 5.73 Å². The summed E-state index contributed by atoms with van der Waals surface area (Å²) in [4.78, 5) is 11.2. The van der Waals surface area contributed by atoms with Crippen LogP contribution in [0.1, 0.15) is 17.4 Å². The minimum absolute atomic E-state index is 0.0115. The van der Waals surface area contributed by atoms with Crippen LogP contribution in [0, 0.1) is 5.82 Å². The van der Waals surface area contributed by atoms with Gasteiger partial charge in [0.05, 0.1) is 6.61 Å². The van der Waals surface area contributed by atoms with Gasteiger partial charge in [-0.25, -0.2) is 4.39 Å². The minimum atomic E-state index is -0.717. The van der Waals surface area contributed by atoms with Crippen molar-refractivity contribution < 1.29 is 13.9 Å². The van der Waals surface area contributed by atoms with Crippen LogP contribution in [-0.4, -0.2) is 27.9 Å². The number of benzene rings is 1. The molecule has 0 saturated heterocycles. The molecule has 0 aliphatic rings. The van der Waals surface area contributed by atoms with Gasteiger partial charge in [-0.15, -0.1) is 0 Å². The van der Waals surface area contributed by atoms with Crippen molar-refractivity contribution in [2.75, 3.05) is 6.61 Å². The Morgan fingerprint density at radius 1 is 1.50 bits per heavy atom. The number of aromatic amines is 1. The van der Waals surface area contributed by atoms with Crippen LogP contribution >= 0.6 is 0 Å². The highest BCUT2D eigenvalue weighted by atomic mass is 19.1. The Hall–Kier alpha value is -2.44. The number of carbonyl (C=O) groups excluding carboxylic acids is 1. The van der Waals surface area contributed by atoms with E-state index in [1.807, 2.05) is 0 Å². The third-order valence-corrected chi connectivity index (χ3v) is 2.28. The van der Waals surface area contributed by atoms with Gasteiger partial charge in [-0.1, -0.05) is 0 Å². The molecule has 0 aliphatic carbocycles. The summed E-state index contributed by atoms with van der Waals surface area (Å²) in [6.07, 6.45) is 0. The molecule has 0 radical (unpaired) electrons. The zero-order chi connectivity index (χ0) is 13.1. The fourth-order valence-electron chi connectivity index (χ4n) is 1.56. The first-order valence-corrected chi connectivity index (χ1v) is 5.26. The highest BCUT2D eigenvalue weighted by Gasteiger charge is 2.19. The number of hydrogen-bond acceptors (Lipinski definition) is 4. The maximum atomic E-state index is 13.2. The Morgan fingerprint density at radius 2 is 2.28 bits per heavy atom. The number of hydrogen-bond donors (Lipinski definition) is 2. The van der Waals surface area contributed by atoms with Gasteiger partial charge in [0.1, 0.15) is 17.3 Å². The van der Waals surface area contributed by atoms with E-state index in [4.69, 9.17) is 10.5 Å². The third kappa shape index (κ3) is 2.15. The quantitative estimate of drug-likeness (QED) is 0.849. The third-order valence-electron chi connectivity index (χ3n) is 2.28. The van der Waals surface area contributed by atoms with Crippen molar-refractivity contribution in [2.45, 2.75) is 6.92 Å². The van der Waals surface area contributed by atoms with Crippen molar-refractivity contribution in [3.05, 3.63) is 29.7 Å². The lowest BCUT2D eigenvalue weighted by Gasteiger charge is -2.08. The first kappa shape index (κ1) is 12.0. The number of rotatable bonds is 4. The molecule has 0 bridgehead atoms. The topological polar surface area (TPSA) is 93.9 Å². The summed E-state index contributed by atoms with van der Waals surface area (Å²) in [5.41, 5.74) is 5.86. The lowest BCUT2D eigenvalue weighted by atomic mass is 10.1. The maximum absolute atomic E-state index is 13.2. The van der Waals surface area contributed by atoms with E-state index >= 15 is 0 Å². The van der Waals surface area contributed by atoms with Crippen LogP contribution in [0.15, 0.2) is 18.2 Å². The molecule has 7 heteroatoms. The molecule has 2 aromatic rings. The van der Waals surface area contributed by atoms with Gasteiger partial charge >= 0.3 is 0 Å². The molecular weight excluding hydrogens is 239 g/mol. The highest BCUT2D eigenvalue weighted by Crippen LogP contribution is 2.30. The zero-order valence-electron chi connectivity index (χ0n) is 9.61. The van der Waals surface area contributed by atoms with Crippen molar-refractivity contribution in [3.8, 4) is 17.0 Å². The largest absolute Gasteiger partial charge is 0.493 e. The summed E-state index contributed by atoms with van der Waals surface area (Å²) in [7, 11) is 0. The first-order chi connectivity index (χ1) is 8.63. The van der Waals surface area contributed by atoms with Crippen molar-refractivity contribution in [1.29, 1.82) is 0 Å². The van der Waals surface area contributed by atoms with Gasteiger partial charge in [-0.05, 0) is 19.1 Å². The van der Waals surface area contributed by atoms with Gasteiger partial charge < -0.3 is 10.5 Å². The molecule has 1 aromatic heterocycles. The summed E-state index contributed by atoms with van der Waals surface area (Å²) in [6.45, 7) is 2.13. The number of carbonyl (C=O) groups is 1. The Balaban J connectivity index is 2.56. The van der Waals surface area contributed by atoms with Gasteiger partial charge in [0, 0.05) is 11.6 Å². The van der Waals surface area contributed by atoms with E-state index in [9.17, 15) is 9.18 Å². The van der Waals surface area contributed by atoms with Crippen LogP contribution in [0.5, 0.6) is 5.75 Å². The Morgan fingerprint density at radius 3 is 2.94 bits per heavy atom. The maximum Gasteiger partial charge on any atom is 0.271 e. The SMILES string of the molecule is CCOc1cc(F)ccc1-c1n[nH]nc1C(N)=O. The Kier molecular flexibility index (Phi) is 3.22. The molecule has 1 amide bonds. The average molecular weight is 250 g/mol. The molecule has 94 valence electrons. The fourth-order valence-corrected chi connectivity index (χ4v) is 1.56. The smallest absolute Gasteiger partial charge is 0.271 e. The van der Waals surface area contributed by atoms with Gasteiger partial charge in [0.15, 0.2) is 5.69 Å². The average Bonchev–Trinajstić information content (AvgIpc) is 2.78. The summed E-state index contributed by atoms with van der Waals surface area (Å²) in [6, 6.07) is 3.93. The second-order valence-electron chi connectivity index (χ2n) is 3.46. The number of halogens is 1. The molecule has 1 aromatic carbocycles. The molecule has 3 N–H and O–H groups in total. The molecule has 0 aliphatic heterocycles. The van der Waals surface area contributed by atoms with Gasteiger partial charge in [0.2, 0.25) is 0 Å². The second kappa shape index (κ2) is 4.82. The highest BCUT2D eigenvalue weighted by molar-refractivity contribution is 5.97. The van der Waals surface area contributed by atoms with E-state index < -0.39 is 11.7 Å². The van der Waals surface area contributed by atoms with Gasteiger partial charge in [-0.3, -0.25) is 4.79 Å². The summed E-state index contributed by atoms with van der Waals surface area (Å²) >= 11 is 0. The van der Waals surface area contributed by atoms with Crippen LogP contribution < -0.4 is 10.5 Å². The number of nitrogens with zero attached hydrogens (tertiary/aromatic N) is 2. The standard InChI is InChI=1S/C11H11FN4O2/c1-2-18-8-5-6(12)3-4-7(8)9-10(11(13)17)15-16-14-9/h3-5H,2H2,1H3,(H2,13,17)(H,14,15,16). The number of ether oxygens (including phenoxy) is 1. The minimum Gasteiger partial charge on any atom is -0.493 e. The second-order valence-corrected chi connectivity index (χ2v) is 3.46. The van der Waals surface area contributed by atoms with Crippen LogP contribution in [-0.2, 0) is 0 Å². The predicted molar refractivity (Wildman–Crippen MR) is 61.5 cm³/mol. The number of nitrogens with two attached hydrogens (primary N) is 1. The van der Waals surface area contributed by atoms with E-state index in [0.717, 1.165) is 0 Å². The van der Waals surface area contributed by atoms with Crippen molar-refractivity contribution >= 4 is 5.91 Å². The number of nitrogens with one attached hydrogen (secondary N) is 1. The van der Waals surface area contributed by atoms with Crippen molar-refractivity contribution in [3.63, 3.8) is 0 Å². The molecular formula is C11H11FN4O2. The van der Waals surface area contributed by atoms with Crippen LogP contribution in [0.4, 0.5) is 4.39 Å². The fraction of sp³-hybridized carbons (Fsp3) is 0.182. The number of primary amides is 1. The van der Waals surface area contributed by atoms with E-state index in [1.54, 1.807) is 6.92 Å². The van der Waals surface area contributed by atoms with E-state index in [-0.39, 0.29) is 17.1 Å². The molecule has 0 unspecified atom stereocenters. The number of aromatic nitrogens is 3. The lowest BCUT2D eigenvalue weighted by molar-refractivity contribution is 0.0996. The molecule has 0 spiro atoms. The molecule has 0 saturated carbocycles. The monoisotopic (exact) mass is 250 g/mol. The Labute approximate surface area is 102 Å². The van der Waals surface area contributed by atoms with E-state index in [1.165, 1.54) is 18.2 Å². The van der Waals surface area contributed by atoms with Crippen molar-refractivity contribution in [1.82, 2.24) is 15.4 Å². The van der Waals surface area contributed by atoms with Gasteiger partial charge in [-0.2, -0.15) is 15.4 Å². The summed E-state index contributed by atoms with van der Waals surface area (Å²) in [5.74, 6) is -0.870. The van der Waals surface area contributed by atoms with Crippen LogP contribution in [0.2, 0.25) is 0 Å². The van der Waals surface area contributed by atoms with Crippen LogP contribution in [0.25, 0.3) is 11.3 Å². The Bertz CT molecular complexity index is 582. The van der Waals surface area contributed by atoms with Gasteiger partial charge in [0.25, 0.3) is 5.91 Å². The predicted octanol–water partition coefficient (Wildman–Crippen LogP) is 1.11. The molecule has 0 atom stereocenters. The van der Waals surface area contributed by atoms with E-state index in [0.29, 0.717) is 12.2 Å². The number of H-pyrrole nitrogens is 1. The van der Waals surface area contributed by atoms with Crippen LogP contribution in [0.3, 0.4) is 0 Å². The molecule has 2 rings (SSSR count). The van der Waals surface area contributed by atoms with E-state index in [2.05, 4.69) is 15.4 Å².